The Balaban J connectivity index is 2.17. The van der Waals surface area contributed by atoms with Crippen molar-refractivity contribution in [2.24, 2.45) is 0 Å². The zero-order chi connectivity index (χ0) is 11.7. The molecule has 5 heteroatoms. The van der Waals surface area contributed by atoms with E-state index in [0.29, 0.717) is 5.69 Å². The van der Waals surface area contributed by atoms with E-state index >= 15 is 0 Å². The van der Waals surface area contributed by atoms with E-state index in [1.165, 1.54) is 6.20 Å². The molecule has 0 saturated heterocycles. The second kappa shape index (κ2) is 3.95. The van der Waals surface area contributed by atoms with E-state index < -0.39 is 6.10 Å². The number of aliphatic hydroxyl groups is 1. The fourth-order valence-corrected chi connectivity index (χ4v) is 1.86. The van der Waals surface area contributed by atoms with Gasteiger partial charge in [0.1, 0.15) is 11.8 Å². The lowest BCUT2D eigenvalue weighted by Crippen LogP contribution is -2.01. The van der Waals surface area contributed by atoms with Gasteiger partial charge in [-0.15, -0.1) is 0 Å². The molecule has 1 unspecified atom stereocenters. The van der Waals surface area contributed by atoms with Crippen molar-refractivity contribution >= 4 is 10.8 Å². The summed E-state index contributed by atoms with van der Waals surface area (Å²) in [6.45, 7) is 0. The van der Waals surface area contributed by atoms with Crippen LogP contribution >= 0.6 is 0 Å². The number of benzene rings is 1. The number of fused-ring (bicyclic) bond motifs is 1. The van der Waals surface area contributed by atoms with Crippen LogP contribution in [0.15, 0.2) is 42.9 Å². The van der Waals surface area contributed by atoms with E-state index in [-0.39, 0.29) is 0 Å². The van der Waals surface area contributed by atoms with Crippen LogP contribution in [-0.2, 0) is 0 Å². The van der Waals surface area contributed by atoms with Crippen LogP contribution in [0.5, 0.6) is 0 Å². The van der Waals surface area contributed by atoms with Crippen molar-refractivity contribution in [1.82, 2.24) is 20.4 Å². The highest BCUT2D eigenvalue weighted by Crippen LogP contribution is 2.26. The van der Waals surface area contributed by atoms with Gasteiger partial charge in [-0.25, -0.2) is 0 Å². The molecule has 0 spiro atoms. The van der Waals surface area contributed by atoms with Crippen molar-refractivity contribution in [3.8, 4) is 0 Å². The lowest BCUT2D eigenvalue weighted by atomic mass is 10.0. The molecule has 0 bridgehead atoms. The number of hydrogen-bond donors (Lipinski definition) is 2. The molecule has 1 aromatic carbocycles. The van der Waals surface area contributed by atoms with Crippen LogP contribution in [0.3, 0.4) is 0 Å². The number of rotatable bonds is 2. The summed E-state index contributed by atoms with van der Waals surface area (Å²) >= 11 is 0. The molecule has 5 nitrogen and oxygen atoms in total. The molecule has 1 atom stereocenters. The number of nitrogens with one attached hydrogen (secondary N) is 1. The van der Waals surface area contributed by atoms with Crippen LogP contribution in [0.4, 0.5) is 0 Å². The van der Waals surface area contributed by atoms with Crippen LogP contribution in [0.25, 0.3) is 10.8 Å². The maximum absolute atomic E-state index is 10.2. The monoisotopic (exact) mass is 226 g/mol. The quantitative estimate of drug-likeness (QED) is 0.693. The molecule has 0 aliphatic heterocycles. The molecular weight excluding hydrogens is 216 g/mol. The van der Waals surface area contributed by atoms with Gasteiger partial charge in [0.15, 0.2) is 0 Å². The van der Waals surface area contributed by atoms with Crippen LogP contribution < -0.4 is 0 Å². The second-order valence-corrected chi connectivity index (χ2v) is 3.75. The molecule has 2 aromatic heterocycles. The normalized spacial score (nSPS) is 12.8. The van der Waals surface area contributed by atoms with E-state index in [9.17, 15) is 5.11 Å². The maximum Gasteiger partial charge on any atom is 0.127 e. The first-order chi connectivity index (χ1) is 8.36. The Morgan fingerprint density at radius 1 is 1.12 bits per heavy atom. The van der Waals surface area contributed by atoms with Crippen molar-refractivity contribution in [3.63, 3.8) is 0 Å². The Morgan fingerprint density at radius 2 is 2.00 bits per heavy atom. The standard InChI is InChI=1S/C12H10N4O/c17-12(11-7-14-16-15-11)10-6-13-5-8-3-1-2-4-9(8)10/h1-7,12,17H,(H,14,15,16). The third-order valence-corrected chi connectivity index (χ3v) is 2.71. The summed E-state index contributed by atoms with van der Waals surface area (Å²) in [5.74, 6) is 0. The number of H-pyrrole nitrogens is 1. The van der Waals surface area contributed by atoms with Crippen molar-refractivity contribution in [2.45, 2.75) is 6.10 Å². The van der Waals surface area contributed by atoms with E-state index in [1.54, 1.807) is 12.4 Å². The molecule has 17 heavy (non-hydrogen) atoms. The van der Waals surface area contributed by atoms with Crippen LogP contribution in [0, 0.1) is 0 Å². The zero-order valence-electron chi connectivity index (χ0n) is 8.91. The SMILES string of the molecule is OC(c1cn[nH]n1)c1cncc2ccccc12. The summed E-state index contributed by atoms with van der Waals surface area (Å²) in [5.41, 5.74) is 1.22. The maximum atomic E-state index is 10.2. The molecular formula is C12H10N4O. The fraction of sp³-hybridized carbons (Fsp3) is 0.0833. The number of nitrogens with zero attached hydrogens (tertiary/aromatic N) is 3. The second-order valence-electron chi connectivity index (χ2n) is 3.75. The Hall–Kier alpha value is -2.27. The van der Waals surface area contributed by atoms with Gasteiger partial charge < -0.3 is 5.11 Å². The Labute approximate surface area is 97.1 Å². The minimum atomic E-state index is -0.813. The largest absolute Gasteiger partial charge is 0.382 e. The van der Waals surface area contributed by atoms with Crippen LogP contribution in [0.2, 0.25) is 0 Å². The highest BCUT2D eigenvalue weighted by Gasteiger charge is 2.15. The number of aromatic amines is 1. The van der Waals surface area contributed by atoms with Gasteiger partial charge in [0.25, 0.3) is 0 Å². The van der Waals surface area contributed by atoms with E-state index in [0.717, 1.165) is 16.3 Å². The Kier molecular flexibility index (Phi) is 2.31. The molecule has 2 N–H and O–H groups in total. The first-order valence-electron chi connectivity index (χ1n) is 5.22. The number of aromatic nitrogens is 4. The molecule has 84 valence electrons. The fourth-order valence-electron chi connectivity index (χ4n) is 1.86. The molecule has 2 heterocycles. The number of aliphatic hydroxyl groups excluding tert-OH is 1. The third kappa shape index (κ3) is 1.66. The third-order valence-electron chi connectivity index (χ3n) is 2.71. The van der Waals surface area contributed by atoms with Crippen molar-refractivity contribution < 1.29 is 5.11 Å². The summed E-state index contributed by atoms with van der Waals surface area (Å²) in [7, 11) is 0. The van der Waals surface area contributed by atoms with Gasteiger partial charge in [-0.3, -0.25) is 4.98 Å². The minimum Gasteiger partial charge on any atom is -0.382 e. The first-order valence-corrected chi connectivity index (χ1v) is 5.22. The van der Waals surface area contributed by atoms with Gasteiger partial charge in [0, 0.05) is 23.3 Å². The summed E-state index contributed by atoms with van der Waals surface area (Å²) in [5, 5.41) is 22.2. The summed E-state index contributed by atoms with van der Waals surface area (Å²) in [6, 6.07) is 7.79. The topological polar surface area (TPSA) is 74.7 Å². The minimum absolute atomic E-state index is 0.489. The molecule has 3 rings (SSSR count). The van der Waals surface area contributed by atoms with Crippen LogP contribution in [-0.4, -0.2) is 25.5 Å². The van der Waals surface area contributed by atoms with Gasteiger partial charge in [0.2, 0.25) is 0 Å². The Bertz CT molecular complexity index is 631. The van der Waals surface area contributed by atoms with E-state index in [4.69, 9.17) is 0 Å². The average molecular weight is 226 g/mol. The molecule has 0 amide bonds. The first kappa shape index (κ1) is 9.92. The average Bonchev–Trinajstić information content (AvgIpc) is 2.91. The highest BCUT2D eigenvalue weighted by atomic mass is 16.3. The predicted octanol–water partition coefficient (Wildman–Crippen LogP) is 1.43. The van der Waals surface area contributed by atoms with Crippen LogP contribution in [0.1, 0.15) is 17.4 Å². The van der Waals surface area contributed by atoms with Crippen molar-refractivity contribution in [3.05, 3.63) is 54.1 Å². The van der Waals surface area contributed by atoms with Gasteiger partial charge in [-0.05, 0) is 5.39 Å². The summed E-state index contributed by atoms with van der Waals surface area (Å²) < 4.78 is 0. The predicted molar refractivity (Wildman–Crippen MR) is 62.2 cm³/mol. The highest BCUT2D eigenvalue weighted by molar-refractivity contribution is 5.85. The number of hydrogen-bond acceptors (Lipinski definition) is 4. The number of pyridine rings is 1. The van der Waals surface area contributed by atoms with Gasteiger partial charge in [-0.1, -0.05) is 24.3 Å². The van der Waals surface area contributed by atoms with Crippen molar-refractivity contribution in [1.29, 1.82) is 0 Å². The lowest BCUT2D eigenvalue weighted by molar-refractivity contribution is 0.216. The molecule has 0 aliphatic rings. The summed E-state index contributed by atoms with van der Waals surface area (Å²) in [4.78, 5) is 4.13. The molecule has 0 aliphatic carbocycles. The van der Waals surface area contributed by atoms with Crippen molar-refractivity contribution in [2.75, 3.05) is 0 Å². The van der Waals surface area contributed by atoms with Gasteiger partial charge >= 0.3 is 0 Å². The van der Waals surface area contributed by atoms with E-state index in [1.807, 2.05) is 24.3 Å². The molecule has 0 saturated carbocycles. The molecule has 0 fully saturated rings. The Morgan fingerprint density at radius 3 is 2.82 bits per heavy atom. The van der Waals surface area contributed by atoms with Gasteiger partial charge in [-0.2, -0.15) is 15.4 Å². The van der Waals surface area contributed by atoms with Gasteiger partial charge in [0.05, 0.1) is 6.20 Å². The van der Waals surface area contributed by atoms with E-state index in [2.05, 4.69) is 20.4 Å². The lowest BCUT2D eigenvalue weighted by Gasteiger charge is -2.10. The summed E-state index contributed by atoms with van der Waals surface area (Å²) in [6.07, 6.45) is 4.12. The molecule has 3 aromatic rings. The smallest absolute Gasteiger partial charge is 0.127 e. The zero-order valence-corrected chi connectivity index (χ0v) is 8.91. The molecule has 0 radical (unpaired) electrons.